The zero-order chi connectivity index (χ0) is 13.8. The van der Waals surface area contributed by atoms with Gasteiger partial charge in [0.25, 0.3) is 0 Å². The Labute approximate surface area is 109 Å². The summed E-state index contributed by atoms with van der Waals surface area (Å²) >= 11 is 0. The predicted octanol–water partition coefficient (Wildman–Crippen LogP) is 2.53. The van der Waals surface area contributed by atoms with E-state index in [0.717, 1.165) is 6.54 Å². The second-order valence-corrected chi connectivity index (χ2v) is 6.14. The number of carbonyl (C=O) groups is 2. The van der Waals surface area contributed by atoms with Gasteiger partial charge >= 0.3 is 5.97 Å². The third-order valence-corrected chi connectivity index (χ3v) is 3.85. The first kappa shape index (κ1) is 15.0. The molecule has 1 aliphatic rings. The van der Waals surface area contributed by atoms with Crippen LogP contribution in [0.1, 0.15) is 52.4 Å². The maximum atomic E-state index is 12.0. The van der Waals surface area contributed by atoms with Gasteiger partial charge in [-0.05, 0) is 32.6 Å². The molecule has 0 bridgehead atoms. The van der Waals surface area contributed by atoms with Gasteiger partial charge in [-0.25, -0.2) is 0 Å². The highest BCUT2D eigenvalue weighted by Gasteiger charge is 2.31. The number of amides is 1. The summed E-state index contributed by atoms with van der Waals surface area (Å²) in [6, 6.07) is 0. The van der Waals surface area contributed by atoms with Crippen molar-refractivity contribution in [2.75, 3.05) is 13.6 Å². The highest BCUT2D eigenvalue weighted by Crippen LogP contribution is 2.26. The second-order valence-electron chi connectivity index (χ2n) is 6.14. The molecule has 0 saturated heterocycles. The molecule has 1 N–H and O–H groups in total. The zero-order valence-electron chi connectivity index (χ0n) is 11.7. The van der Waals surface area contributed by atoms with Crippen molar-refractivity contribution in [3.63, 3.8) is 0 Å². The van der Waals surface area contributed by atoms with Crippen LogP contribution in [0.3, 0.4) is 0 Å². The fourth-order valence-electron chi connectivity index (χ4n) is 2.45. The lowest BCUT2D eigenvalue weighted by Gasteiger charge is -2.29. The number of hydrogen-bond acceptors (Lipinski definition) is 2. The summed E-state index contributed by atoms with van der Waals surface area (Å²) in [5.74, 6) is -0.379. The van der Waals surface area contributed by atoms with Crippen LogP contribution in [0, 0.1) is 11.3 Å². The molecule has 1 fully saturated rings. The first-order chi connectivity index (χ1) is 8.33. The van der Waals surface area contributed by atoms with E-state index in [1.807, 2.05) is 0 Å². The molecule has 0 aromatic carbocycles. The molecule has 0 atom stereocenters. The van der Waals surface area contributed by atoms with Gasteiger partial charge in [0.1, 0.15) is 0 Å². The standard InChI is InChI=1S/C14H25NO3/c1-14(2,13(17)18)9-12(16)15(3)10-11-7-5-4-6-8-11/h11H,4-10H2,1-3H3,(H,17,18). The number of rotatable bonds is 5. The Kier molecular flexibility index (Phi) is 5.17. The zero-order valence-corrected chi connectivity index (χ0v) is 11.7. The summed E-state index contributed by atoms with van der Waals surface area (Å²) in [6.45, 7) is 3.97. The molecule has 0 spiro atoms. The molecule has 1 saturated carbocycles. The normalized spacial score (nSPS) is 17.5. The molecule has 1 rings (SSSR count). The first-order valence-electron chi connectivity index (χ1n) is 6.80. The molecule has 0 unspecified atom stereocenters. The Morgan fingerprint density at radius 2 is 1.78 bits per heavy atom. The van der Waals surface area contributed by atoms with Gasteiger partial charge in [-0.15, -0.1) is 0 Å². The van der Waals surface area contributed by atoms with Crippen molar-refractivity contribution in [3.05, 3.63) is 0 Å². The van der Waals surface area contributed by atoms with Gasteiger partial charge < -0.3 is 10.0 Å². The van der Waals surface area contributed by atoms with Gasteiger partial charge in [0.15, 0.2) is 0 Å². The van der Waals surface area contributed by atoms with E-state index in [9.17, 15) is 9.59 Å². The van der Waals surface area contributed by atoms with Gasteiger partial charge in [0, 0.05) is 20.0 Å². The number of hydrogen-bond donors (Lipinski definition) is 1. The largest absolute Gasteiger partial charge is 0.481 e. The van der Waals surface area contributed by atoms with Gasteiger partial charge in [-0.3, -0.25) is 9.59 Å². The van der Waals surface area contributed by atoms with Crippen molar-refractivity contribution >= 4 is 11.9 Å². The van der Waals surface area contributed by atoms with Crippen molar-refractivity contribution in [1.82, 2.24) is 4.90 Å². The molecule has 1 aliphatic carbocycles. The molecular weight excluding hydrogens is 230 g/mol. The molecular formula is C14H25NO3. The summed E-state index contributed by atoms with van der Waals surface area (Å²) < 4.78 is 0. The quantitative estimate of drug-likeness (QED) is 0.821. The monoisotopic (exact) mass is 255 g/mol. The topological polar surface area (TPSA) is 57.6 Å². The smallest absolute Gasteiger partial charge is 0.309 e. The van der Waals surface area contributed by atoms with E-state index in [1.165, 1.54) is 32.1 Å². The van der Waals surface area contributed by atoms with Crippen LogP contribution in [-0.2, 0) is 9.59 Å². The SMILES string of the molecule is CN(CC1CCCCC1)C(=O)CC(C)(C)C(=O)O. The maximum absolute atomic E-state index is 12.0. The Hall–Kier alpha value is -1.06. The predicted molar refractivity (Wildman–Crippen MR) is 70.2 cm³/mol. The molecule has 0 aliphatic heterocycles. The fourth-order valence-corrected chi connectivity index (χ4v) is 2.45. The first-order valence-corrected chi connectivity index (χ1v) is 6.80. The summed E-state index contributed by atoms with van der Waals surface area (Å²) in [7, 11) is 1.79. The number of nitrogens with zero attached hydrogens (tertiary/aromatic N) is 1. The van der Waals surface area contributed by atoms with Crippen molar-refractivity contribution in [2.24, 2.45) is 11.3 Å². The molecule has 0 heterocycles. The molecule has 0 aromatic rings. The van der Waals surface area contributed by atoms with Gasteiger partial charge in [-0.2, -0.15) is 0 Å². The van der Waals surface area contributed by atoms with E-state index < -0.39 is 11.4 Å². The van der Waals surface area contributed by atoms with Crippen LogP contribution in [0.25, 0.3) is 0 Å². The van der Waals surface area contributed by atoms with E-state index in [2.05, 4.69) is 0 Å². The van der Waals surface area contributed by atoms with Gasteiger partial charge in [0.05, 0.1) is 5.41 Å². The van der Waals surface area contributed by atoms with Crippen molar-refractivity contribution < 1.29 is 14.7 Å². The minimum absolute atomic E-state index is 0.0621. The average molecular weight is 255 g/mol. The van der Waals surface area contributed by atoms with E-state index in [1.54, 1.807) is 25.8 Å². The number of carbonyl (C=O) groups excluding carboxylic acids is 1. The van der Waals surface area contributed by atoms with Crippen LogP contribution < -0.4 is 0 Å². The summed E-state index contributed by atoms with van der Waals surface area (Å²) in [5, 5.41) is 9.02. The highest BCUT2D eigenvalue weighted by molar-refractivity contribution is 5.84. The molecule has 4 heteroatoms. The summed E-state index contributed by atoms with van der Waals surface area (Å²) in [4.78, 5) is 24.7. The minimum Gasteiger partial charge on any atom is -0.481 e. The maximum Gasteiger partial charge on any atom is 0.309 e. The Balaban J connectivity index is 2.43. The van der Waals surface area contributed by atoms with Crippen molar-refractivity contribution in [1.29, 1.82) is 0 Å². The molecule has 0 radical (unpaired) electrons. The van der Waals surface area contributed by atoms with Crippen LogP contribution >= 0.6 is 0 Å². The third-order valence-electron chi connectivity index (χ3n) is 3.85. The lowest BCUT2D eigenvalue weighted by atomic mass is 9.87. The van der Waals surface area contributed by atoms with Gasteiger partial charge in [0.2, 0.25) is 5.91 Å². The Bertz CT molecular complexity index is 306. The van der Waals surface area contributed by atoms with E-state index in [4.69, 9.17) is 5.11 Å². The van der Waals surface area contributed by atoms with Crippen molar-refractivity contribution in [2.45, 2.75) is 52.4 Å². The van der Waals surface area contributed by atoms with E-state index in [0.29, 0.717) is 5.92 Å². The summed E-state index contributed by atoms with van der Waals surface area (Å²) in [5.41, 5.74) is -0.974. The van der Waals surface area contributed by atoms with Gasteiger partial charge in [-0.1, -0.05) is 19.3 Å². The van der Waals surface area contributed by atoms with Crippen LogP contribution in [-0.4, -0.2) is 35.5 Å². The Morgan fingerprint density at radius 1 is 1.22 bits per heavy atom. The van der Waals surface area contributed by atoms with Crippen LogP contribution in [0.4, 0.5) is 0 Å². The fraction of sp³-hybridized carbons (Fsp3) is 0.857. The third kappa shape index (κ3) is 4.31. The highest BCUT2D eigenvalue weighted by atomic mass is 16.4. The molecule has 18 heavy (non-hydrogen) atoms. The number of aliphatic carboxylic acids is 1. The van der Waals surface area contributed by atoms with Crippen molar-refractivity contribution in [3.8, 4) is 0 Å². The van der Waals surface area contributed by atoms with Crippen LogP contribution in [0.2, 0.25) is 0 Å². The second kappa shape index (κ2) is 6.21. The van der Waals surface area contributed by atoms with E-state index >= 15 is 0 Å². The molecule has 0 aromatic heterocycles. The number of carboxylic acids is 1. The minimum atomic E-state index is -0.974. The lowest BCUT2D eigenvalue weighted by Crippen LogP contribution is -2.37. The van der Waals surface area contributed by atoms with E-state index in [-0.39, 0.29) is 12.3 Å². The Morgan fingerprint density at radius 3 is 2.28 bits per heavy atom. The van der Waals surface area contributed by atoms with Crippen LogP contribution in [0.5, 0.6) is 0 Å². The molecule has 4 nitrogen and oxygen atoms in total. The molecule has 1 amide bonds. The van der Waals surface area contributed by atoms with Crippen LogP contribution in [0.15, 0.2) is 0 Å². The number of carboxylic acid groups (broad SMARTS) is 1. The molecule has 104 valence electrons. The lowest BCUT2D eigenvalue weighted by molar-refractivity contribution is -0.151. The summed E-state index contributed by atoms with van der Waals surface area (Å²) in [6.07, 6.45) is 6.28. The average Bonchev–Trinajstić information content (AvgIpc) is 2.29.